The van der Waals surface area contributed by atoms with Gasteiger partial charge in [-0.25, -0.2) is 4.79 Å². The minimum absolute atomic E-state index is 0.240. The van der Waals surface area contributed by atoms with Gasteiger partial charge in [0, 0.05) is 0 Å². The fourth-order valence-electron chi connectivity index (χ4n) is 1.08. The third kappa shape index (κ3) is 8.24. The first kappa shape index (κ1) is 14.9. The van der Waals surface area contributed by atoms with Gasteiger partial charge in [-0.05, 0) is 46.6 Å². The molecule has 0 rings (SSSR count). The first-order chi connectivity index (χ1) is 7.43. The number of hydrogen-bond acceptors (Lipinski definition) is 3. The lowest BCUT2D eigenvalue weighted by Crippen LogP contribution is -2.19. The van der Waals surface area contributed by atoms with Crippen LogP contribution in [0.5, 0.6) is 0 Å². The Morgan fingerprint density at radius 1 is 1.31 bits per heavy atom. The van der Waals surface area contributed by atoms with E-state index in [0.29, 0.717) is 0 Å². The molecule has 0 fully saturated rings. The molecule has 92 valence electrons. The molecule has 0 aromatic rings. The van der Waals surface area contributed by atoms with E-state index in [1.165, 1.54) is 18.1 Å². The van der Waals surface area contributed by atoms with Crippen molar-refractivity contribution in [3.8, 4) is 0 Å². The van der Waals surface area contributed by atoms with Gasteiger partial charge in [0.2, 0.25) is 0 Å². The average molecular weight is 226 g/mol. The van der Waals surface area contributed by atoms with Crippen molar-refractivity contribution < 1.29 is 14.6 Å². The summed E-state index contributed by atoms with van der Waals surface area (Å²) in [5.41, 5.74) is 2.50. The minimum Gasteiger partial charge on any atom is -0.460 e. The molecule has 0 aromatic carbocycles. The number of ether oxygens (including phenoxy) is 1. The molecule has 0 aliphatic rings. The molecule has 1 N–H and O–H groups in total. The number of carbonyl (C=O) groups is 1. The zero-order valence-corrected chi connectivity index (χ0v) is 10.6. The van der Waals surface area contributed by atoms with E-state index in [0.717, 1.165) is 12.8 Å². The van der Waals surface area contributed by atoms with Gasteiger partial charge in [0.05, 0.1) is 0 Å². The fraction of sp³-hybridized carbons (Fsp3) is 0.615. The Kier molecular flexibility index (Phi) is 7.56. The number of esters is 1. The molecule has 0 spiro atoms. The third-order valence-corrected chi connectivity index (χ3v) is 2.09. The summed E-state index contributed by atoms with van der Waals surface area (Å²) in [6.07, 6.45) is 4.99. The van der Waals surface area contributed by atoms with E-state index >= 15 is 0 Å². The maximum atomic E-state index is 10.9. The molecule has 0 amide bonds. The Hall–Kier alpha value is -1.09. The van der Waals surface area contributed by atoms with Gasteiger partial charge in [0.1, 0.15) is 12.7 Å². The molecule has 0 aromatic heterocycles. The molecule has 0 radical (unpaired) electrons. The van der Waals surface area contributed by atoms with E-state index in [1.54, 1.807) is 0 Å². The van der Waals surface area contributed by atoms with Gasteiger partial charge in [-0.3, -0.25) is 0 Å². The first-order valence-corrected chi connectivity index (χ1v) is 5.57. The maximum absolute atomic E-state index is 10.9. The highest BCUT2D eigenvalue weighted by molar-refractivity contribution is 5.73. The highest BCUT2D eigenvalue weighted by Crippen LogP contribution is 2.06. The summed E-state index contributed by atoms with van der Waals surface area (Å²) in [5, 5.41) is 8.89. The molecule has 0 bridgehead atoms. The zero-order valence-electron chi connectivity index (χ0n) is 10.6. The van der Waals surface area contributed by atoms with Gasteiger partial charge in [0.15, 0.2) is 0 Å². The van der Waals surface area contributed by atoms with Crippen LogP contribution in [0.3, 0.4) is 0 Å². The van der Waals surface area contributed by atoms with E-state index in [9.17, 15) is 4.79 Å². The van der Waals surface area contributed by atoms with Crippen LogP contribution in [-0.4, -0.2) is 23.8 Å². The third-order valence-electron chi connectivity index (χ3n) is 2.09. The summed E-state index contributed by atoms with van der Waals surface area (Å²) >= 11 is 0. The summed E-state index contributed by atoms with van der Waals surface area (Å²) in [4.78, 5) is 10.9. The molecular formula is C13H22O3. The summed E-state index contributed by atoms with van der Waals surface area (Å²) in [7, 11) is 0. The zero-order chi connectivity index (χ0) is 12.6. The van der Waals surface area contributed by atoms with Crippen LogP contribution >= 0.6 is 0 Å². The van der Waals surface area contributed by atoms with Crippen LogP contribution in [0.4, 0.5) is 0 Å². The molecule has 0 aliphatic heterocycles. The highest BCUT2D eigenvalue weighted by Gasteiger charge is 2.08. The molecule has 0 saturated carbocycles. The van der Waals surface area contributed by atoms with E-state index in [-0.39, 0.29) is 6.61 Å². The summed E-state index contributed by atoms with van der Waals surface area (Å²) in [5.74, 6) is -0.576. The maximum Gasteiger partial charge on any atom is 0.334 e. The molecule has 16 heavy (non-hydrogen) atoms. The van der Waals surface area contributed by atoms with Gasteiger partial charge >= 0.3 is 5.97 Å². The number of hydrogen-bond donors (Lipinski definition) is 1. The Labute approximate surface area is 97.8 Å². The predicted octanol–water partition coefficient (Wildman–Crippen LogP) is 2.60. The van der Waals surface area contributed by atoms with Gasteiger partial charge in [0.25, 0.3) is 0 Å². The first-order valence-electron chi connectivity index (χ1n) is 5.57. The largest absolute Gasteiger partial charge is 0.460 e. The van der Waals surface area contributed by atoms with Gasteiger partial charge in [-0.1, -0.05) is 17.2 Å². The van der Waals surface area contributed by atoms with Crippen molar-refractivity contribution >= 4 is 5.97 Å². The standard InChI is InChI=1S/C13H22O3/c1-10(2)6-5-7-11(3)8-9-16-13(15)12(4)14/h6,8,12,14H,5,7,9H2,1-4H3/b11-8-. The monoisotopic (exact) mass is 226 g/mol. The Balaban J connectivity index is 3.79. The SMILES string of the molecule is CC(C)=CCC/C(C)=C\COC(=O)C(C)O. The lowest BCUT2D eigenvalue weighted by atomic mass is 10.1. The number of allylic oxidation sites excluding steroid dienone is 3. The second kappa shape index (κ2) is 8.11. The van der Waals surface area contributed by atoms with Gasteiger partial charge in [-0.15, -0.1) is 0 Å². The van der Waals surface area contributed by atoms with Crippen LogP contribution in [0.1, 0.15) is 40.5 Å². The molecule has 3 nitrogen and oxygen atoms in total. The van der Waals surface area contributed by atoms with E-state index in [4.69, 9.17) is 9.84 Å². The van der Waals surface area contributed by atoms with Crippen molar-refractivity contribution in [2.75, 3.05) is 6.61 Å². The normalized spacial score (nSPS) is 13.2. The van der Waals surface area contributed by atoms with Crippen molar-refractivity contribution in [3.05, 3.63) is 23.3 Å². The van der Waals surface area contributed by atoms with Crippen molar-refractivity contribution in [3.63, 3.8) is 0 Å². The fourth-order valence-corrected chi connectivity index (χ4v) is 1.08. The summed E-state index contributed by atoms with van der Waals surface area (Å²) in [6.45, 7) is 7.79. The van der Waals surface area contributed by atoms with E-state index in [2.05, 4.69) is 19.9 Å². The second-order valence-electron chi connectivity index (χ2n) is 4.18. The van der Waals surface area contributed by atoms with Crippen LogP contribution in [0.25, 0.3) is 0 Å². The summed E-state index contributed by atoms with van der Waals surface area (Å²) in [6, 6.07) is 0. The molecule has 0 aliphatic carbocycles. The molecular weight excluding hydrogens is 204 g/mol. The predicted molar refractivity (Wildman–Crippen MR) is 65.1 cm³/mol. The van der Waals surface area contributed by atoms with Crippen molar-refractivity contribution in [2.45, 2.75) is 46.6 Å². The number of aliphatic hydroxyl groups excluding tert-OH is 1. The van der Waals surface area contributed by atoms with E-state index in [1.807, 2.05) is 13.0 Å². The Morgan fingerprint density at radius 2 is 1.94 bits per heavy atom. The minimum atomic E-state index is -1.04. The summed E-state index contributed by atoms with van der Waals surface area (Å²) < 4.78 is 4.82. The van der Waals surface area contributed by atoms with Crippen LogP contribution in [0.2, 0.25) is 0 Å². The molecule has 0 heterocycles. The molecule has 1 unspecified atom stereocenters. The number of rotatable bonds is 6. The van der Waals surface area contributed by atoms with E-state index < -0.39 is 12.1 Å². The van der Waals surface area contributed by atoms with Gasteiger partial charge in [-0.2, -0.15) is 0 Å². The van der Waals surface area contributed by atoms with Crippen LogP contribution in [-0.2, 0) is 9.53 Å². The molecule has 1 atom stereocenters. The number of aliphatic hydroxyl groups is 1. The lowest BCUT2D eigenvalue weighted by molar-refractivity contribution is -0.151. The van der Waals surface area contributed by atoms with Crippen molar-refractivity contribution in [1.82, 2.24) is 0 Å². The van der Waals surface area contributed by atoms with Crippen molar-refractivity contribution in [2.24, 2.45) is 0 Å². The second-order valence-corrected chi connectivity index (χ2v) is 4.18. The average Bonchev–Trinajstić information content (AvgIpc) is 2.16. The van der Waals surface area contributed by atoms with Crippen LogP contribution in [0.15, 0.2) is 23.3 Å². The lowest BCUT2D eigenvalue weighted by Gasteiger charge is -2.04. The van der Waals surface area contributed by atoms with Crippen molar-refractivity contribution in [1.29, 1.82) is 0 Å². The van der Waals surface area contributed by atoms with Crippen LogP contribution < -0.4 is 0 Å². The number of carbonyl (C=O) groups excluding carboxylic acids is 1. The Morgan fingerprint density at radius 3 is 2.44 bits per heavy atom. The molecule has 0 saturated heterocycles. The quantitative estimate of drug-likeness (QED) is 0.559. The van der Waals surface area contributed by atoms with Gasteiger partial charge < -0.3 is 9.84 Å². The topological polar surface area (TPSA) is 46.5 Å². The molecule has 3 heteroatoms. The smallest absolute Gasteiger partial charge is 0.334 e. The highest BCUT2D eigenvalue weighted by atomic mass is 16.5. The Bertz CT molecular complexity index is 271. The van der Waals surface area contributed by atoms with Crippen LogP contribution in [0, 0.1) is 0 Å².